The third-order valence-corrected chi connectivity index (χ3v) is 6.97. The second kappa shape index (κ2) is 17.8. The van der Waals surface area contributed by atoms with Crippen LogP contribution in [0, 0.1) is 5.92 Å². The minimum absolute atomic E-state index is 0.0625. The van der Waals surface area contributed by atoms with Gasteiger partial charge in [-0.05, 0) is 29.2 Å². The number of amides is 6. The molecule has 0 spiro atoms. The lowest BCUT2D eigenvalue weighted by atomic mass is 10.0. The van der Waals surface area contributed by atoms with E-state index in [4.69, 9.17) is 17.2 Å². The molecule has 47 heavy (non-hydrogen) atoms. The van der Waals surface area contributed by atoms with Gasteiger partial charge >= 0.3 is 5.97 Å². The average Bonchev–Trinajstić information content (AvgIpc) is 2.99. The predicted molar refractivity (Wildman–Crippen MR) is 168 cm³/mol. The summed E-state index contributed by atoms with van der Waals surface area (Å²) in [5, 5.41) is 28.8. The van der Waals surface area contributed by atoms with Gasteiger partial charge < -0.3 is 48.7 Å². The first-order valence-corrected chi connectivity index (χ1v) is 14.7. The minimum Gasteiger partial charge on any atom is -0.508 e. The van der Waals surface area contributed by atoms with Crippen LogP contribution in [0.2, 0.25) is 0 Å². The predicted octanol–water partition coefficient (Wildman–Crippen LogP) is -2.06. The molecule has 0 aliphatic rings. The van der Waals surface area contributed by atoms with Crippen molar-refractivity contribution >= 4 is 41.4 Å². The van der Waals surface area contributed by atoms with Crippen LogP contribution < -0.4 is 38.5 Å². The summed E-state index contributed by atoms with van der Waals surface area (Å²) in [6.45, 7) is 3.32. The fourth-order valence-corrected chi connectivity index (χ4v) is 4.47. The lowest BCUT2D eigenvalue weighted by Crippen LogP contribution is -2.60. The standard InChI is InChI=1S/C31H41N7O9/c1-16(2)26(27(34)43)38-31(47)22(12-17-6-4-3-5-7-17)36-30(46)23(15-25(41)42)37-29(45)21(13-18-8-10-19(39)11-9-18)35-28(44)20(32)14-24(33)40/h3-11,16,20-23,26,39H,12-15,32H2,1-2H3,(H2,33,40)(H2,34,43)(H,35,44)(H,36,46)(H,37,45)(H,38,47)(H,41,42)/t20-,21-,22-,23-,26-/m0/s1. The average molecular weight is 656 g/mol. The molecule has 0 fully saturated rings. The smallest absolute Gasteiger partial charge is 0.305 e. The summed E-state index contributed by atoms with van der Waals surface area (Å²) in [6, 6.07) is 7.18. The van der Waals surface area contributed by atoms with Crippen LogP contribution in [-0.4, -0.2) is 81.8 Å². The van der Waals surface area contributed by atoms with E-state index in [0.29, 0.717) is 11.1 Å². The topological polar surface area (TPSA) is 286 Å². The number of hydrogen-bond donors (Lipinski definition) is 9. The molecule has 0 aliphatic heterocycles. The largest absolute Gasteiger partial charge is 0.508 e. The molecule has 0 radical (unpaired) electrons. The van der Waals surface area contributed by atoms with Crippen LogP contribution in [0.25, 0.3) is 0 Å². The number of aliphatic carboxylic acids is 1. The van der Waals surface area contributed by atoms with E-state index in [1.165, 1.54) is 24.3 Å². The van der Waals surface area contributed by atoms with Crippen molar-refractivity contribution in [3.63, 3.8) is 0 Å². The first-order valence-electron chi connectivity index (χ1n) is 14.7. The van der Waals surface area contributed by atoms with Gasteiger partial charge in [0.2, 0.25) is 35.4 Å². The van der Waals surface area contributed by atoms with Gasteiger partial charge in [0, 0.05) is 12.8 Å². The van der Waals surface area contributed by atoms with Crippen LogP contribution in [0.15, 0.2) is 54.6 Å². The fraction of sp³-hybridized carbons (Fsp3) is 0.387. The molecule has 0 unspecified atom stereocenters. The van der Waals surface area contributed by atoms with Gasteiger partial charge in [0.05, 0.1) is 18.9 Å². The highest BCUT2D eigenvalue weighted by molar-refractivity contribution is 5.97. The van der Waals surface area contributed by atoms with Crippen molar-refractivity contribution < 1.29 is 43.8 Å². The second-order valence-corrected chi connectivity index (χ2v) is 11.3. The highest BCUT2D eigenvalue weighted by atomic mass is 16.4. The quantitative estimate of drug-likeness (QED) is 0.0846. The van der Waals surface area contributed by atoms with Gasteiger partial charge in [0.25, 0.3) is 0 Å². The Kier molecular flexibility index (Phi) is 14.3. The SMILES string of the molecule is CC(C)[C@H](NC(=O)[C@H](Cc1ccccc1)NC(=O)[C@H](CC(=O)O)NC(=O)[C@H](Cc1ccc(O)cc1)NC(=O)[C@@H](N)CC(N)=O)C(N)=O. The molecule has 2 rings (SSSR count). The van der Waals surface area contributed by atoms with Gasteiger partial charge in [0.1, 0.15) is 29.9 Å². The molecule has 16 heteroatoms. The van der Waals surface area contributed by atoms with Gasteiger partial charge in [0.15, 0.2) is 0 Å². The Hall–Kier alpha value is -5.51. The molecule has 0 aliphatic carbocycles. The molecular formula is C31H41N7O9. The Morgan fingerprint density at radius 2 is 1.13 bits per heavy atom. The van der Waals surface area contributed by atoms with E-state index in [1.54, 1.807) is 44.2 Å². The Balaban J connectivity index is 2.36. The monoisotopic (exact) mass is 655 g/mol. The van der Waals surface area contributed by atoms with E-state index in [1.807, 2.05) is 0 Å². The number of aromatic hydroxyl groups is 1. The highest BCUT2D eigenvalue weighted by Gasteiger charge is 2.33. The zero-order valence-electron chi connectivity index (χ0n) is 26.0. The van der Waals surface area contributed by atoms with Crippen molar-refractivity contribution in [2.75, 3.05) is 0 Å². The number of primary amides is 2. The molecule has 0 bridgehead atoms. The minimum atomic E-state index is -1.73. The lowest BCUT2D eigenvalue weighted by Gasteiger charge is -2.27. The molecule has 12 N–H and O–H groups in total. The summed E-state index contributed by atoms with van der Waals surface area (Å²) in [7, 11) is 0. The van der Waals surface area contributed by atoms with E-state index in [2.05, 4.69) is 21.3 Å². The summed E-state index contributed by atoms with van der Waals surface area (Å²) in [5.74, 6) is -7.32. The van der Waals surface area contributed by atoms with Crippen molar-refractivity contribution in [3.8, 4) is 5.75 Å². The molecule has 254 valence electrons. The van der Waals surface area contributed by atoms with Gasteiger partial charge in [-0.2, -0.15) is 0 Å². The Morgan fingerprint density at radius 3 is 1.62 bits per heavy atom. The van der Waals surface area contributed by atoms with Crippen LogP contribution in [-0.2, 0) is 46.4 Å². The van der Waals surface area contributed by atoms with Crippen LogP contribution in [0.4, 0.5) is 0 Å². The van der Waals surface area contributed by atoms with Crippen molar-refractivity contribution in [1.82, 2.24) is 21.3 Å². The van der Waals surface area contributed by atoms with E-state index < -0.39 is 84.5 Å². The molecule has 0 saturated heterocycles. The van der Waals surface area contributed by atoms with Gasteiger partial charge in [-0.15, -0.1) is 0 Å². The number of phenolic OH excluding ortho intramolecular Hbond substituents is 1. The number of nitrogens with one attached hydrogen (secondary N) is 4. The van der Waals surface area contributed by atoms with E-state index in [9.17, 15) is 43.8 Å². The molecule has 0 aromatic heterocycles. The third kappa shape index (κ3) is 12.8. The van der Waals surface area contributed by atoms with Gasteiger partial charge in [-0.1, -0.05) is 56.3 Å². The summed E-state index contributed by atoms with van der Waals surface area (Å²) in [5.41, 5.74) is 17.4. The molecule has 2 aromatic rings. The molecule has 5 atom stereocenters. The maximum absolute atomic E-state index is 13.5. The summed E-state index contributed by atoms with van der Waals surface area (Å²) in [6.07, 6.45) is -1.69. The molecule has 2 aromatic carbocycles. The zero-order valence-corrected chi connectivity index (χ0v) is 26.0. The number of nitrogens with two attached hydrogens (primary N) is 3. The third-order valence-electron chi connectivity index (χ3n) is 6.97. The Labute approximate surface area is 270 Å². The number of carbonyl (C=O) groups is 7. The van der Waals surface area contributed by atoms with Crippen molar-refractivity contribution in [1.29, 1.82) is 0 Å². The second-order valence-electron chi connectivity index (χ2n) is 11.3. The van der Waals surface area contributed by atoms with Gasteiger partial charge in [-0.25, -0.2) is 0 Å². The lowest BCUT2D eigenvalue weighted by molar-refractivity contribution is -0.141. The van der Waals surface area contributed by atoms with Crippen LogP contribution in [0.5, 0.6) is 5.75 Å². The number of hydrogen-bond acceptors (Lipinski definition) is 9. The number of carboxylic acid groups (broad SMARTS) is 1. The normalized spacial score (nSPS) is 14.0. The van der Waals surface area contributed by atoms with Crippen LogP contribution in [0.1, 0.15) is 37.8 Å². The van der Waals surface area contributed by atoms with E-state index >= 15 is 0 Å². The fourth-order valence-electron chi connectivity index (χ4n) is 4.47. The van der Waals surface area contributed by atoms with Crippen LogP contribution >= 0.6 is 0 Å². The molecular weight excluding hydrogens is 614 g/mol. The Bertz CT molecular complexity index is 1430. The first kappa shape index (κ1) is 37.7. The molecule has 0 saturated carbocycles. The summed E-state index contributed by atoms with van der Waals surface area (Å²) >= 11 is 0. The first-order chi connectivity index (χ1) is 22.1. The summed E-state index contributed by atoms with van der Waals surface area (Å²) < 4.78 is 0. The molecule has 16 nitrogen and oxygen atoms in total. The van der Waals surface area contributed by atoms with Crippen molar-refractivity contribution in [3.05, 3.63) is 65.7 Å². The van der Waals surface area contributed by atoms with E-state index in [0.717, 1.165) is 0 Å². The number of carboxylic acids is 1. The zero-order chi connectivity index (χ0) is 35.3. The maximum atomic E-state index is 13.5. The number of carbonyl (C=O) groups excluding carboxylic acids is 6. The van der Waals surface area contributed by atoms with Crippen molar-refractivity contribution in [2.45, 2.75) is 69.7 Å². The maximum Gasteiger partial charge on any atom is 0.305 e. The van der Waals surface area contributed by atoms with E-state index in [-0.39, 0.29) is 24.5 Å². The Morgan fingerprint density at radius 1 is 0.660 bits per heavy atom. The highest BCUT2D eigenvalue weighted by Crippen LogP contribution is 2.13. The van der Waals surface area contributed by atoms with Crippen LogP contribution in [0.3, 0.4) is 0 Å². The summed E-state index contributed by atoms with van der Waals surface area (Å²) in [4.78, 5) is 88.0. The van der Waals surface area contributed by atoms with Gasteiger partial charge in [-0.3, -0.25) is 33.6 Å². The number of benzene rings is 2. The molecule has 6 amide bonds. The van der Waals surface area contributed by atoms with Crippen molar-refractivity contribution in [2.24, 2.45) is 23.1 Å². The number of phenols is 1. The molecule has 0 heterocycles. The number of rotatable bonds is 18.